The monoisotopic (exact) mass is 381 g/mol. The lowest BCUT2D eigenvalue weighted by molar-refractivity contribution is -0.140. The zero-order chi connectivity index (χ0) is 19.8. The van der Waals surface area contributed by atoms with E-state index in [4.69, 9.17) is 0 Å². The van der Waals surface area contributed by atoms with Crippen molar-refractivity contribution in [3.8, 4) is 0 Å². The largest absolute Gasteiger partial charge is 0.419 e. The van der Waals surface area contributed by atoms with Gasteiger partial charge in [0.1, 0.15) is 17.1 Å². The van der Waals surface area contributed by atoms with Crippen LogP contribution in [-0.4, -0.2) is 24.6 Å². The van der Waals surface area contributed by atoms with Crippen LogP contribution in [0.1, 0.15) is 28.8 Å². The standard InChI is InChI=1S/C19H19F4N3O/c1-25(2)16-8-4-7-15(26(16)11-12-9-10-12)24-18(27)13-5-3-6-14(17(13)20)19(21,22)23/h3-8,12H,9-11H2,1-2H3. The van der Waals surface area contributed by atoms with Crippen LogP contribution in [0.3, 0.4) is 0 Å². The smallest absolute Gasteiger partial charge is 0.364 e. The average molecular weight is 381 g/mol. The minimum absolute atomic E-state index is 0.287. The van der Waals surface area contributed by atoms with E-state index in [1.165, 1.54) is 0 Å². The molecule has 1 amide bonds. The number of nitrogens with zero attached hydrogens (tertiary/aromatic N) is 3. The lowest BCUT2D eigenvalue weighted by Gasteiger charge is -2.20. The molecule has 0 spiro atoms. The highest BCUT2D eigenvalue weighted by atomic mass is 19.4. The quantitative estimate of drug-likeness (QED) is 0.755. The second-order valence-electron chi connectivity index (χ2n) is 6.77. The molecule has 8 heteroatoms. The van der Waals surface area contributed by atoms with Crippen molar-refractivity contribution in [3.63, 3.8) is 0 Å². The van der Waals surface area contributed by atoms with E-state index in [-0.39, 0.29) is 5.49 Å². The summed E-state index contributed by atoms with van der Waals surface area (Å²) >= 11 is 0. The number of pyridine rings is 1. The number of amides is 1. The van der Waals surface area contributed by atoms with Gasteiger partial charge < -0.3 is 9.47 Å². The number of rotatable bonds is 4. The van der Waals surface area contributed by atoms with Crippen LogP contribution in [0.4, 0.5) is 23.4 Å². The lowest BCUT2D eigenvalue weighted by Crippen LogP contribution is -2.28. The zero-order valence-corrected chi connectivity index (χ0v) is 14.9. The molecule has 0 bridgehead atoms. The molecular formula is C19H19F4N3O. The summed E-state index contributed by atoms with van der Waals surface area (Å²) < 4.78 is 54.7. The number of benzene rings is 1. The Hall–Kier alpha value is -2.64. The summed E-state index contributed by atoms with van der Waals surface area (Å²) in [6, 6.07) is 7.77. The molecule has 0 N–H and O–H groups in total. The first-order chi connectivity index (χ1) is 12.7. The van der Waals surface area contributed by atoms with Gasteiger partial charge in [-0.25, -0.2) is 4.39 Å². The van der Waals surface area contributed by atoms with Gasteiger partial charge in [-0.15, -0.1) is 0 Å². The van der Waals surface area contributed by atoms with Gasteiger partial charge in [0.15, 0.2) is 0 Å². The third kappa shape index (κ3) is 4.20. The predicted octanol–water partition coefficient (Wildman–Crippen LogP) is 3.86. The third-order valence-electron chi connectivity index (χ3n) is 4.39. The van der Waals surface area contributed by atoms with Crippen LogP contribution in [0.15, 0.2) is 41.4 Å². The maximum absolute atomic E-state index is 14.2. The number of carbonyl (C=O) groups is 1. The van der Waals surface area contributed by atoms with Crippen LogP contribution in [-0.2, 0) is 12.7 Å². The average Bonchev–Trinajstić information content (AvgIpc) is 3.39. The first-order valence-electron chi connectivity index (χ1n) is 8.50. The molecule has 0 atom stereocenters. The van der Waals surface area contributed by atoms with Crippen molar-refractivity contribution < 1.29 is 22.4 Å². The molecule has 0 aliphatic heterocycles. The van der Waals surface area contributed by atoms with Crippen molar-refractivity contribution in [1.29, 1.82) is 0 Å². The van der Waals surface area contributed by atoms with Crippen molar-refractivity contribution in [2.24, 2.45) is 10.9 Å². The zero-order valence-electron chi connectivity index (χ0n) is 14.9. The molecule has 0 saturated heterocycles. The Morgan fingerprint density at radius 1 is 1.19 bits per heavy atom. The molecular weight excluding hydrogens is 362 g/mol. The fourth-order valence-corrected chi connectivity index (χ4v) is 2.83. The molecule has 0 unspecified atom stereocenters. The molecule has 1 saturated carbocycles. The molecule has 144 valence electrons. The SMILES string of the molecule is CN(C)c1cccc(=NC(=O)c2cccc(C(F)(F)F)c2F)n1CC1CC1. The number of hydrogen-bond acceptors (Lipinski definition) is 2. The number of alkyl halides is 3. The van der Waals surface area contributed by atoms with Crippen molar-refractivity contribution in [2.75, 3.05) is 19.0 Å². The first kappa shape index (κ1) is 19.1. The summed E-state index contributed by atoms with van der Waals surface area (Å²) in [5, 5.41) is 0. The van der Waals surface area contributed by atoms with Gasteiger partial charge in [-0.05, 0) is 43.0 Å². The van der Waals surface area contributed by atoms with Gasteiger partial charge in [-0.2, -0.15) is 18.2 Å². The Morgan fingerprint density at radius 2 is 1.85 bits per heavy atom. The summed E-state index contributed by atoms with van der Waals surface area (Å²) in [6.07, 6.45) is -2.73. The molecule has 1 heterocycles. The maximum atomic E-state index is 14.2. The highest BCUT2D eigenvalue weighted by Gasteiger charge is 2.35. The van der Waals surface area contributed by atoms with E-state index >= 15 is 0 Å². The second kappa shape index (κ2) is 7.17. The van der Waals surface area contributed by atoms with E-state index in [1.54, 1.807) is 12.1 Å². The molecule has 1 aromatic carbocycles. The molecule has 27 heavy (non-hydrogen) atoms. The van der Waals surface area contributed by atoms with Crippen LogP contribution in [0.25, 0.3) is 0 Å². The van der Waals surface area contributed by atoms with Crippen molar-refractivity contribution in [1.82, 2.24) is 4.57 Å². The van der Waals surface area contributed by atoms with E-state index in [9.17, 15) is 22.4 Å². The molecule has 2 aromatic rings. The molecule has 1 aliphatic rings. The topological polar surface area (TPSA) is 37.6 Å². The van der Waals surface area contributed by atoms with Gasteiger partial charge in [-0.1, -0.05) is 12.1 Å². The van der Waals surface area contributed by atoms with Crippen LogP contribution < -0.4 is 10.4 Å². The number of aromatic nitrogens is 1. The summed E-state index contributed by atoms with van der Waals surface area (Å²) in [4.78, 5) is 18.2. The number of carbonyl (C=O) groups excluding carboxylic acids is 1. The summed E-state index contributed by atoms with van der Waals surface area (Å²) in [5.41, 5.74) is -1.88. The number of halogens is 4. The molecule has 3 rings (SSSR count). The number of anilines is 1. The van der Waals surface area contributed by atoms with Gasteiger partial charge in [0, 0.05) is 20.6 Å². The Bertz CT molecular complexity index is 927. The summed E-state index contributed by atoms with van der Waals surface area (Å²) in [5.74, 6) is -1.36. The number of hydrogen-bond donors (Lipinski definition) is 0. The van der Waals surface area contributed by atoms with Gasteiger partial charge in [-0.3, -0.25) is 4.79 Å². The van der Waals surface area contributed by atoms with Crippen LogP contribution in [0.5, 0.6) is 0 Å². The van der Waals surface area contributed by atoms with Gasteiger partial charge in [0.25, 0.3) is 5.91 Å². The minimum atomic E-state index is -4.88. The molecule has 4 nitrogen and oxygen atoms in total. The fraction of sp³-hybridized carbons (Fsp3) is 0.368. The van der Waals surface area contributed by atoms with Crippen molar-refractivity contribution in [3.05, 3.63) is 58.8 Å². The molecule has 0 radical (unpaired) electrons. The fourth-order valence-electron chi connectivity index (χ4n) is 2.83. The Labute approximate surface area is 153 Å². The van der Waals surface area contributed by atoms with E-state index in [0.717, 1.165) is 30.8 Å². The molecule has 1 aliphatic carbocycles. The highest BCUT2D eigenvalue weighted by molar-refractivity contribution is 5.95. The minimum Gasteiger partial charge on any atom is -0.364 e. The normalized spacial score (nSPS) is 15.1. The van der Waals surface area contributed by atoms with Crippen molar-refractivity contribution >= 4 is 11.7 Å². The summed E-state index contributed by atoms with van der Waals surface area (Å²) in [6.45, 7) is 0.644. The Kier molecular flexibility index (Phi) is 5.08. The van der Waals surface area contributed by atoms with Gasteiger partial charge >= 0.3 is 6.18 Å². The van der Waals surface area contributed by atoms with Crippen LogP contribution in [0, 0.1) is 11.7 Å². The molecule has 1 fully saturated rings. The highest BCUT2D eigenvalue weighted by Crippen LogP contribution is 2.33. The maximum Gasteiger partial charge on any atom is 0.419 e. The van der Waals surface area contributed by atoms with E-state index < -0.39 is 29.0 Å². The van der Waals surface area contributed by atoms with E-state index in [0.29, 0.717) is 18.5 Å². The van der Waals surface area contributed by atoms with Crippen LogP contribution >= 0.6 is 0 Å². The Balaban J connectivity index is 2.07. The van der Waals surface area contributed by atoms with Crippen LogP contribution in [0.2, 0.25) is 0 Å². The van der Waals surface area contributed by atoms with Gasteiger partial charge in [0.05, 0.1) is 11.1 Å². The van der Waals surface area contributed by atoms with E-state index in [1.807, 2.05) is 29.6 Å². The van der Waals surface area contributed by atoms with Gasteiger partial charge in [0.2, 0.25) is 0 Å². The van der Waals surface area contributed by atoms with E-state index in [2.05, 4.69) is 4.99 Å². The second-order valence-corrected chi connectivity index (χ2v) is 6.77. The first-order valence-corrected chi connectivity index (χ1v) is 8.50. The Morgan fingerprint density at radius 3 is 2.44 bits per heavy atom. The lowest BCUT2D eigenvalue weighted by atomic mass is 10.1. The third-order valence-corrected chi connectivity index (χ3v) is 4.39. The molecule has 1 aromatic heterocycles. The predicted molar refractivity (Wildman–Crippen MR) is 92.8 cm³/mol. The summed E-state index contributed by atoms with van der Waals surface area (Å²) in [7, 11) is 3.69. The van der Waals surface area contributed by atoms with Crippen molar-refractivity contribution in [2.45, 2.75) is 25.6 Å².